The zero-order valence-corrected chi connectivity index (χ0v) is 12.5. The molecule has 0 saturated carbocycles. The van der Waals surface area contributed by atoms with E-state index in [2.05, 4.69) is 35.6 Å². The lowest BCUT2D eigenvalue weighted by molar-refractivity contribution is 0.311. The Hall–Kier alpha value is -1.12. The summed E-state index contributed by atoms with van der Waals surface area (Å²) in [5.41, 5.74) is 2.31. The van der Waals surface area contributed by atoms with Gasteiger partial charge in [-0.15, -0.1) is 0 Å². The van der Waals surface area contributed by atoms with Gasteiger partial charge in [0.15, 0.2) is 0 Å². The molecule has 0 aliphatic carbocycles. The summed E-state index contributed by atoms with van der Waals surface area (Å²) in [6, 6.07) is 0. The van der Waals surface area contributed by atoms with Crippen molar-refractivity contribution in [3.63, 3.8) is 0 Å². The van der Waals surface area contributed by atoms with Gasteiger partial charge in [0, 0.05) is 13.1 Å². The van der Waals surface area contributed by atoms with Crippen LogP contribution in [0, 0.1) is 18.8 Å². The Morgan fingerprint density at radius 3 is 2.33 bits per heavy atom. The molecule has 0 spiro atoms. The summed E-state index contributed by atoms with van der Waals surface area (Å²) >= 11 is 0. The highest BCUT2D eigenvalue weighted by atomic mass is 15.2. The Balaban J connectivity index is 0.000000771. The van der Waals surface area contributed by atoms with Gasteiger partial charge >= 0.3 is 0 Å². The Bertz CT molecular complexity index is 341. The predicted molar refractivity (Wildman–Crippen MR) is 77.9 cm³/mol. The maximum absolute atomic E-state index is 4.26. The average molecular weight is 249 g/mol. The molecule has 1 saturated heterocycles. The minimum absolute atomic E-state index is 0.815. The number of nitrogens with zero attached hydrogens (tertiary/aromatic N) is 3. The van der Waals surface area contributed by atoms with Crippen molar-refractivity contribution < 1.29 is 0 Å². The monoisotopic (exact) mass is 249 g/mol. The molecule has 0 N–H and O–H groups in total. The minimum Gasteiger partial charge on any atom is -0.369 e. The summed E-state index contributed by atoms with van der Waals surface area (Å²) in [5.74, 6) is 1.71. The van der Waals surface area contributed by atoms with Crippen LogP contribution in [0.3, 0.4) is 0 Å². The van der Waals surface area contributed by atoms with E-state index in [9.17, 15) is 0 Å². The van der Waals surface area contributed by atoms with E-state index < -0.39 is 0 Å². The second-order valence-electron chi connectivity index (χ2n) is 5.06. The second-order valence-corrected chi connectivity index (χ2v) is 5.06. The van der Waals surface area contributed by atoms with Crippen molar-refractivity contribution in [1.82, 2.24) is 9.97 Å². The molecule has 18 heavy (non-hydrogen) atoms. The van der Waals surface area contributed by atoms with Gasteiger partial charge in [0.25, 0.3) is 0 Å². The third kappa shape index (κ3) is 3.69. The third-order valence-electron chi connectivity index (χ3n) is 3.71. The fraction of sp³-hybridized carbons (Fsp3) is 0.733. The maximum Gasteiger partial charge on any atom is 0.115 e. The van der Waals surface area contributed by atoms with Gasteiger partial charge in [0.1, 0.15) is 6.33 Å². The molecular formula is C15H27N3. The summed E-state index contributed by atoms with van der Waals surface area (Å²) in [4.78, 5) is 10.8. The van der Waals surface area contributed by atoms with Crippen molar-refractivity contribution >= 4 is 5.69 Å². The molecule has 0 amide bonds. The first-order chi connectivity index (χ1) is 8.68. The summed E-state index contributed by atoms with van der Waals surface area (Å²) < 4.78 is 0. The third-order valence-corrected chi connectivity index (χ3v) is 3.71. The lowest BCUT2D eigenvalue weighted by Gasteiger charge is -2.35. The lowest BCUT2D eigenvalue weighted by Crippen LogP contribution is -2.35. The molecule has 1 aliphatic rings. The molecule has 2 rings (SSSR count). The van der Waals surface area contributed by atoms with Crippen LogP contribution in [0.4, 0.5) is 5.69 Å². The van der Waals surface area contributed by atoms with Crippen LogP contribution in [-0.2, 0) is 0 Å². The van der Waals surface area contributed by atoms with Crippen molar-refractivity contribution in [3.05, 3.63) is 18.2 Å². The fourth-order valence-electron chi connectivity index (χ4n) is 2.50. The number of hydrogen-bond acceptors (Lipinski definition) is 3. The lowest BCUT2D eigenvalue weighted by atomic mass is 9.86. The van der Waals surface area contributed by atoms with Gasteiger partial charge in [-0.1, -0.05) is 27.7 Å². The summed E-state index contributed by atoms with van der Waals surface area (Å²) in [7, 11) is 0. The summed E-state index contributed by atoms with van der Waals surface area (Å²) in [6.07, 6.45) is 6.16. The highest BCUT2D eigenvalue weighted by Gasteiger charge is 2.22. The molecule has 1 fully saturated rings. The van der Waals surface area contributed by atoms with Crippen molar-refractivity contribution in [2.24, 2.45) is 11.8 Å². The molecule has 1 aliphatic heterocycles. The largest absolute Gasteiger partial charge is 0.369 e. The van der Waals surface area contributed by atoms with Crippen molar-refractivity contribution in [1.29, 1.82) is 0 Å². The molecule has 2 heterocycles. The van der Waals surface area contributed by atoms with E-state index in [1.807, 2.05) is 20.0 Å². The Kier molecular flexibility index (Phi) is 6.10. The SMILES string of the molecule is CC.Cc1ncncc1N1CCC(C(C)C)CC1. The van der Waals surface area contributed by atoms with E-state index in [4.69, 9.17) is 0 Å². The quantitative estimate of drug-likeness (QED) is 0.800. The van der Waals surface area contributed by atoms with Crippen LogP contribution in [0.15, 0.2) is 12.5 Å². The first-order valence-corrected chi connectivity index (χ1v) is 7.20. The minimum atomic E-state index is 0.815. The van der Waals surface area contributed by atoms with Crippen LogP contribution in [0.2, 0.25) is 0 Å². The number of hydrogen-bond donors (Lipinski definition) is 0. The number of aromatic nitrogens is 2. The van der Waals surface area contributed by atoms with Crippen molar-refractivity contribution in [2.75, 3.05) is 18.0 Å². The van der Waals surface area contributed by atoms with Crippen LogP contribution in [0.1, 0.15) is 46.2 Å². The van der Waals surface area contributed by atoms with Gasteiger partial charge in [-0.3, -0.25) is 0 Å². The zero-order chi connectivity index (χ0) is 13.5. The van der Waals surface area contributed by atoms with E-state index in [1.165, 1.54) is 18.5 Å². The van der Waals surface area contributed by atoms with Gasteiger partial charge in [-0.2, -0.15) is 0 Å². The molecule has 1 aromatic rings. The van der Waals surface area contributed by atoms with Gasteiger partial charge in [-0.05, 0) is 31.6 Å². The van der Waals surface area contributed by atoms with Crippen LogP contribution in [0.5, 0.6) is 0 Å². The normalized spacial score (nSPS) is 16.4. The molecule has 0 unspecified atom stereocenters. The predicted octanol–water partition coefficient (Wildman–Crippen LogP) is 3.68. The van der Waals surface area contributed by atoms with E-state index >= 15 is 0 Å². The molecule has 0 bridgehead atoms. The fourth-order valence-corrected chi connectivity index (χ4v) is 2.50. The van der Waals surface area contributed by atoms with Gasteiger partial charge in [0.05, 0.1) is 17.6 Å². The number of aryl methyl sites for hydroxylation is 1. The summed E-state index contributed by atoms with van der Waals surface area (Å²) in [6.45, 7) is 13.0. The van der Waals surface area contributed by atoms with E-state index in [0.29, 0.717) is 0 Å². The second kappa shape index (κ2) is 7.34. The molecule has 1 aromatic heterocycles. The Morgan fingerprint density at radius 1 is 1.22 bits per heavy atom. The smallest absolute Gasteiger partial charge is 0.115 e. The van der Waals surface area contributed by atoms with E-state index in [-0.39, 0.29) is 0 Å². The molecule has 3 nitrogen and oxygen atoms in total. The van der Waals surface area contributed by atoms with Crippen LogP contribution in [0.25, 0.3) is 0 Å². The highest BCUT2D eigenvalue weighted by molar-refractivity contribution is 5.48. The first kappa shape index (κ1) is 14.9. The summed E-state index contributed by atoms with van der Waals surface area (Å²) in [5, 5.41) is 0. The molecule has 3 heteroatoms. The molecule has 102 valence electrons. The van der Waals surface area contributed by atoms with Crippen LogP contribution < -0.4 is 4.90 Å². The topological polar surface area (TPSA) is 29.0 Å². The molecule has 0 radical (unpaired) electrons. The maximum atomic E-state index is 4.26. The van der Waals surface area contributed by atoms with Gasteiger partial charge < -0.3 is 4.90 Å². The zero-order valence-electron chi connectivity index (χ0n) is 12.5. The molecule has 0 atom stereocenters. The number of piperidine rings is 1. The van der Waals surface area contributed by atoms with E-state index in [1.54, 1.807) is 6.33 Å². The van der Waals surface area contributed by atoms with Crippen LogP contribution in [-0.4, -0.2) is 23.1 Å². The number of rotatable bonds is 2. The highest BCUT2D eigenvalue weighted by Crippen LogP contribution is 2.28. The van der Waals surface area contributed by atoms with Gasteiger partial charge in [0.2, 0.25) is 0 Å². The Labute approximate surface area is 112 Å². The molecular weight excluding hydrogens is 222 g/mol. The number of anilines is 1. The van der Waals surface area contributed by atoms with Crippen molar-refractivity contribution in [3.8, 4) is 0 Å². The average Bonchev–Trinajstić information content (AvgIpc) is 2.42. The molecule has 0 aromatic carbocycles. The van der Waals surface area contributed by atoms with E-state index in [0.717, 1.165) is 30.6 Å². The van der Waals surface area contributed by atoms with Crippen LogP contribution >= 0.6 is 0 Å². The first-order valence-electron chi connectivity index (χ1n) is 7.20. The Morgan fingerprint density at radius 2 is 1.83 bits per heavy atom. The van der Waals surface area contributed by atoms with Gasteiger partial charge in [-0.25, -0.2) is 9.97 Å². The standard InChI is InChI=1S/C13H21N3.C2H6/c1-10(2)12-4-6-16(7-5-12)13-8-14-9-15-11(13)3;1-2/h8-10,12H,4-7H2,1-3H3;1-2H3. The van der Waals surface area contributed by atoms with Crippen molar-refractivity contribution in [2.45, 2.75) is 47.5 Å².